The molecule has 1 amide bonds. The van der Waals surface area contributed by atoms with Gasteiger partial charge in [-0.2, -0.15) is 0 Å². The number of carbonyl (C=O) groups excluding carboxylic acids is 1. The SMILES string of the molecule is CC1(C)CC1NC1CCc2ccccc2NC1=O. The highest BCUT2D eigenvalue weighted by atomic mass is 16.2. The lowest BCUT2D eigenvalue weighted by molar-refractivity contribution is -0.118. The van der Waals surface area contributed by atoms with E-state index in [1.807, 2.05) is 18.2 Å². The number of aryl methyl sites for hydroxylation is 1. The third-order valence-corrected chi connectivity index (χ3v) is 4.21. The van der Waals surface area contributed by atoms with Crippen molar-refractivity contribution in [3.8, 4) is 0 Å². The van der Waals surface area contributed by atoms with Crippen LogP contribution < -0.4 is 10.6 Å². The predicted octanol–water partition coefficient (Wildman–Crippen LogP) is 2.33. The Balaban J connectivity index is 1.71. The van der Waals surface area contributed by atoms with Crippen molar-refractivity contribution in [2.45, 2.75) is 45.2 Å². The fourth-order valence-electron chi connectivity index (χ4n) is 2.66. The lowest BCUT2D eigenvalue weighted by Gasteiger charge is -2.16. The van der Waals surface area contributed by atoms with Crippen LogP contribution in [0.4, 0.5) is 5.69 Å². The van der Waals surface area contributed by atoms with Crippen molar-refractivity contribution in [3.05, 3.63) is 29.8 Å². The fraction of sp³-hybridized carbons (Fsp3) is 0.533. The van der Waals surface area contributed by atoms with E-state index in [0.717, 1.165) is 18.5 Å². The Bertz CT molecular complexity index is 481. The minimum Gasteiger partial charge on any atom is -0.324 e. The molecule has 2 unspecified atom stereocenters. The second-order valence-electron chi connectivity index (χ2n) is 6.15. The van der Waals surface area contributed by atoms with E-state index in [-0.39, 0.29) is 11.9 Å². The number of hydrogen-bond acceptors (Lipinski definition) is 2. The zero-order valence-electron chi connectivity index (χ0n) is 11.0. The number of nitrogens with one attached hydrogen (secondary N) is 2. The smallest absolute Gasteiger partial charge is 0.241 e. The summed E-state index contributed by atoms with van der Waals surface area (Å²) < 4.78 is 0. The van der Waals surface area contributed by atoms with Crippen LogP contribution >= 0.6 is 0 Å². The molecule has 0 radical (unpaired) electrons. The van der Waals surface area contributed by atoms with Gasteiger partial charge >= 0.3 is 0 Å². The molecule has 96 valence electrons. The van der Waals surface area contributed by atoms with Crippen molar-refractivity contribution in [1.82, 2.24) is 5.32 Å². The number of carbonyl (C=O) groups is 1. The zero-order valence-corrected chi connectivity index (χ0v) is 11.0. The van der Waals surface area contributed by atoms with Gasteiger partial charge in [0, 0.05) is 11.7 Å². The molecule has 2 aliphatic rings. The average molecular weight is 244 g/mol. The van der Waals surface area contributed by atoms with Crippen LogP contribution in [0.25, 0.3) is 0 Å². The monoisotopic (exact) mass is 244 g/mol. The fourth-order valence-corrected chi connectivity index (χ4v) is 2.66. The lowest BCUT2D eigenvalue weighted by atomic mass is 10.1. The summed E-state index contributed by atoms with van der Waals surface area (Å²) in [6.07, 6.45) is 3.01. The Hall–Kier alpha value is -1.35. The molecule has 2 N–H and O–H groups in total. The Morgan fingerprint density at radius 1 is 1.33 bits per heavy atom. The number of anilines is 1. The van der Waals surface area contributed by atoms with E-state index in [0.29, 0.717) is 11.5 Å². The molecule has 0 aromatic heterocycles. The molecule has 0 saturated heterocycles. The standard InChI is InChI=1S/C15H20N2O/c1-15(2)9-13(15)16-12-8-7-10-5-3-4-6-11(10)17-14(12)18/h3-6,12-13,16H,7-9H2,1-2H3,(H,17,18). The van der Waals surface area contributed by atoms with E-state index in [9.17, 15) is 4.79 Å². The maximum atomic E-state index is 12.2. The highest BCUT2D eigenvalue weighted by molar-refractivity contribution is 5.96. The summed E-state index contributed by atoms with van der Waals surface area (Å²) in [7, 11) is 0. The van der Waals surface area contributed by atoms with Gasteiger partial charge in [-0.05, 0) is 36.3 Å². The molecule has 3 nitrogen and oxygen atoms in total. The second kappa shape index (κ2) is 4.09. The highest BCUT2D eigenvalue weighted by Gasteiger charge is 2.47. The van der Waals surface area contributed by atoms with Gasteiger partial charge in [0.2, 0.25) is 5.91 Å². The number of benzene rings is 1. The molecule has 1 aromatic rings. The van der Waals surface area contributed by atoms with Gasteiger partial charge in [0.25, 0.3) is 0 Å². The molecule has 3 heteroatoms. The third kappa shape index (κ3) is 2.15. The summed E-state index contributed by atoms with van der Waals surface area (Å²) in [5.74, 6) is 0.114. The van der Waals surface area contributed by atoms with Crippen molar-refractivity contribution in [2.75, 3.05) is 5.32 Å². The first kappa shape index (κ1) is 11.7. The quantitative estimate of drug-likeness (QED) is 0.838. The van der Waals surface area contributed by atoms with E-state index < -0.39 is 0 Å². The van der Waals surface area contributed by atoms with Crippen LogP contribution in [0.1, 0.15) is 32.3 Å². The summed E-state index contributed by atoms with van der Waals surface area (Å²) in [5.41, 5.74) is 2.58. The van der Waals surface area contributed by atoms with E-state index in [4.69, 9.17) is 0 Å². The molecule has 1 saturated carbocycles. The van der Waals surface area contributed by atoms with Crippen LogP contribution in [-0.4, -0.2) is 18.0 Å². The molecular formula is C15H20N2O. The summed E-state index contributed by atoms with van der Waals surface area (Å²) in [4.78, 5) is 12.2. The number of hydrogen-bond donors (Lipinski definition) is 2. The molecule has 1 aliphatic heterocycles. The van der Waals surface area contributed by atoms with Crippen LogP contribution in [0.3, 0.4) is 0 Å². The van der Waals surface area contributed by atoms with Gasteiger partial charge in [0.1, 0.15) is 0 Å². The van der Waals surface area contributed by atoms with Crippen LogP contribution in [0.5, 0.6) is 0 Å². The van der Waals surface area contributed by atoms with Gasteiger partial charge in [-0.25, -0.2) is 0 Å². The molecule has 3 rings (SSSR count). The second-order valence-corrected chi connectivity index (χ2v) is 6.15. The number of para-hydroxylation sites is 1. The number of rotatable bonds is 2. The van der Waals surface area contributed by atoms with Crippen LogP contribution in [0, 0.1) is 5.41 Å². The Morgan fingerprint density at radius 2 is 2.06 bits per heavy atom. The first-order valence-electron chi connectivity index (χ1n) is 6.71. The first-order valence-corrected chi connectivity index (χ1v) is 6.71. The van der Waals surface area contributed by atoms with Crippen molar-refractivity contribution in [2.24, 2.45) is 5.41 Å². The summed E-state index contributed by atoms with van der Waals surface area (Å²) in [6, 6.07) is 8.52. The van der Waals surface area contributed by atoms with Crippen LogP contribution in [-0.2, 0) is 11.2 Å². The summed E-state index contributed by atoms with van der Waals surface area (Å²) in [6.45, 7) is 4.49. The van der Waals surface area contributed by atoms with Gasteiger partial charge in [-0.3, -0.25) is 4.79 Å². The third-order valence-electron chi connectivity index (χ3n) is 4.21. The normalized spacial score (nSPS) is 29.1. The van der Waals surface area contributed by atoms with Crippen LogP contribution in [0.15, 0.2) is 24.3 Å². The van der Waals surface area contributed by atoms with E-state index in [1.165, 1.54) is 12.0 Å². The Kier molecular flexibility index (Phi) is 2.67. The molecule has 0 bridgehead atoms. The molecule has 0 spiro atoms. The van der Waals surface area contributed by atoms with E-state index >= 15 is 0 Å². The predicted molar refractivity (Wildman–Crippen MR) is 72.5 cm³/mol. The van der Waals surface area contributed by atoms with Crippen molar-refractivity contribution in [3.63, 3.8) is 0 Å². The Morgan fingerprint density at radius 3 is 2.78 bits per heavy atom. The first-order chi connectivity index (χ1) is 8.56. The van der Waals surface area contributed by atoms with Crippen molar-refractivity contribution >= 4 is 11.6 Å². The minimum absolute atomic E-state index is 0.0517. The van der Waals surface area contributed by atoms with Gasteiger partial charge in [-0.15, -0.1) is 0 Å². The molecule has 1 aromatic carbocycles. The van der Waals surface area contributed by atoms with Crippen molar-refractivity contribution < 1.29 is 4.79 Å². The van der Waals surface area contributed by atoms with E-state index in [2.05, 4.69) is 30.5 Å². The molecular weight excluding hydrogens is 224 g/mol. The molecule has 1 aliphatic carbocycles. The number of amides is 1. The summed E-state index contributed by atoms with van der Waals surface area (Å²) in [5, 5.41) is 6.53. The largest absolute Gasteiger partial charge is 0.324 e. The van der Waals surface area contributed by atoms with Gasteiger partial charge in [-0.1, -0.05) is 32.0 Å². The molecule has 2 atom stereocenters. The molecule has 18 heavy (non-hydrogen) atoms. The van der Waals surface area contributed by atoms with Gasteiger partial charge in [0.15, 0.2) is 0 Å². The maximum absolute atomic E-state index is 12.2. The molecule has 1 fully saturated rings. The zero-order chi connectivity index (χ0) is 12.8. The highest BCUT2D eigenvalue weighted by Crippen LogP contribution is 2.45. The topological polar surface area (TPSA) is 41.1 Å². The maximum Gasteiger partial charge on any atom is 0.241 e. The average Bonchev–Trinajstić information content (AvgIpc) is 2.96. The van der Waals surface area contributed by atoms with Crippen LogP contribution in [0.2, 0.25) is 0 Å². The lowest BCUT2D eigenvalue weighted by Crippen LogP contribution is -2.42. The van der Waals surface area contributed by atoms with Crippen molar-refractivity contribution in [1.29, 1.82) is 0 Å². The number of fused-ring (bicyclic) bond motifs is 1. The molecule has 1 heterocycles. The Labute approximate surface area is 108 Å². The minimum atomic E-state index is -0.0517. The summed E-state index contributed by atoms with van der Waals surface area (Å²) >= 11 is 0. The van der Waals surface area contributed by atoms with E-state index in [1.54, 1.807) is 0 Å². The van der Waals surface area contributed by atoms with Gasteiger partial charge < -0.3 is 10.6 Å². The van der Waals surface area contributed by atoms with Gasteiger partial charge in [0.05, 0.1) is 6.04 Å².